The van der Waals surface area contributed by atoms with Crippen molar-refractivity contribution in [1.29, 1.82) is 0 Å². The van der Waals surface area contributed by atoms with Crippen LogP contribution in [0.25, 0.3) is 11.2 Å². The van der Waals surface area contributed by atoms with E-state index < -0.39 is 0 Å². The van der Waals surface area contributed by atoms with Crippen molar-refractivity contribution in [3.05, 3.63) is 24.7 Å². The predicted octanol–water partition coefficient (Wildman–Crippen LogP) is 0.220. The third-order valence-electron chi connectivity index (χ3n) is 1.11. The molecule has 0 aromatic carbocycles. The molecule has 0 aliphatic carbocycles. The van der Waals surface area contributed by atoms with Crippen molar-refractivity contribution in [3.8, 4) is 0 Å². The highest BCUT2D eigenvalue weighted by Crippen LogP contribution is 1.98. The Morgan fingerprint density at radius 1 is 1.40 bits per heavy atom. The molecule has 0 spiro atoms. The molecule has 0 atom stereocenters. The lowest BCUT2D eigenvalue weighted by Gasteiger charge is -1.88. The van der Waals surface area contributed by atoms with Gasteiger partial charge in [0.2, 0.25) is 5.65 Å². The van der Waals surface area contributed by atoms with E-state index in [4.69, 9.17) is 0 Å². The normalized spacial score (nSPS) is 10.0. The largest absolute Gasteiger partial charge is 0.250 e. The molecule has 10 heavy (non-hydrogen) atoms. The minimum atomic E-state index is 0.532. The van der Waals surface area contributed by atoms with Crippen LogP contribution in [-0.4, -0.2) is 20.2 Å². The maximum absolute atomic E-state index is 3.96. The molecule has 0 amide bonds. The third-order valence-corrected chi connectivity index (χ3v) is 1.11. The number of hydrogen-bond acceptors (Lipinski definition) is 4. The monoisotopic (exact) mass is 131 g/mol. The SMILES string of the molecule is [c]1cnc2ccnnc2n1. The van der Waals surface area contributed by atoms with E-state index in [1.807, 2.05) is 0 Å². The fraction of sp³-hybridized carbons (Fsp3) is 0. The van der Waals surface area contributed by atoms with Crippen molar-refractivity contribution >= 4 is 11.2 Å². The van der Waals surface area contributed by atoms with E-state index in [0.29, 0.717) is 5.65 Å². The van der Waals surface area contributed by atoms with Crippen LogP contribution >= 0.6 is 0 Å². The number of rotatable bonds is 0. The quantitative estimate of drug-likeness (QED) is 0.513. The van der Waals surface area contributed by atoms with Crippen molar-refractivity contribution in [2.75, 3.05) is 0 Å². The second-order valence-electron chi connectivity index (χ2n) is 1.74. The fourth-order valence-corrected chi connectivity index (χ4v) is 0.687. The Bertz CT molecular complexity index is 281. The zero-order valence-electron chi connectivity index (χ0n) is 5.02. The Labute approximate surface area is 57.0 Å². The van der Waals surface area contributed by atoms with E-state index in [1.165, 1.54) is 6.20 Å². The molecule has 2 heterocycles. The summed E-state index contributed by atoms with van der Waals surface area (Å²) in [7, 11) is 0. The second kappa shape index (κ2) is 1.98. The van der Waals surface area contributed by atoms with Crippen molar-refractivity contribution in [1.82, 2.24) is 20.2 Å². The van der Waals surface area contributed by atoms with Gasteiger partial charge in [-0.2, -0.15) is 5.10 Å². The van der Waals surface area contributed by atoms with E-state index in [2.05, 4.69) is 26.4 Å². The van der Waals surface area contributed by atoms with Crippen molar-refractivity contribution in [3.63, 3.8) is 0 Å². The maximum atomic E-state index is 3.96. The zero-order chi connectivity index (χ0) is 6.81. The summed E-state index contributed by atoms with van der Waals surface area (Å²) in [4.78, 5) is 7.78. The Morgan fingerprint density at radius 2 is 2.40 bits per heavy atom. The van der Waals surface area contributed by atoms with Gasteiger partial charge >= 0.3 is 0 Å². The average Bonchev–Trinajstić information content (AvgIpc) is 2.05. The van der Waals surface area contributed by atoms with Crippen LogP contribution in [0.5, 0.6) is 0 Å². The smallest absolute Gasteiger partial charge is 0.201 e. The van der Waals surface area contributed by atoms with Gasteiger partial charge in [0.1, 0.15) is 11.7 Å². The molecule has 1 radical (unpaired) electrons. The van der Waals surface area contributed by atoms with E-state index >= 15 is 0 Å². The molecule has 2 rings (SSSR count). The number of nitrogens with zero attached hydrogens (tertiary/aromatic N) is 4. The molecular formula is C6H3N4. The average molecular weight is 131 g/mol. The van der Waals surface area contributed by atoms with Crippen LogP contribution in [-0.2, 0) is 0 Å². The van der Waals surface area contributed by atoms with Gasteiger partial charge in [-0.1, -0.05) is 0 Å². The second-order valence-corrected chi connectivity index (χ2v) is 1.74. The van der Waals surface area contributed by atoms with Gasteiger partial charge in [-0.3, -0.25) is 4.98 Å². The molecule has 0 fully saturated rings. The van der Waals surface area contributed by atoms with Gasteiger partial charge in [0.05, 0.1) is 12.4 Å². The molecule has 0 saturated carbocycles. The molecule has 2 aromatic rings. The van der Waals surface area contributed by atoms with E-state index in [-0.39, 0.29) is 0 Å². The first-order chi connectivity index (χ1) is 4.97. The summed E-state index contributed by atoms with van der Waals surface area (Å²) in [6.45, 7) is 0. The number of fused-ring (bicyclic) bond motifs is 1. The van der Waals surface area contributed by atoms with Crippen molar-refractivity contribution < 1.29 is 0 Å². The Morgan fingerprint density at radius 3 is 3.30 bits per heavy atom. The predicted molar refractivity (Wildman–Crippen MR) is 34.0 cm³/mol. The van der Waals surface area contributed by atoms with Crippen LogP contribution in [0.4, 0.5) is 0 Å². The summed E-state index contributed by atoms with van der Waals surface area (Å²) < 4.78 is 0. The summed E-state index contributed by atoms with van der Waals surface area (Å²) in [6, 6.07) is 1.75. The molecule has 0 unspecified atom stereocenters. The zero-order valence-corrected chi connectivity index (χ0v) is 5.02. The summed E-state index contributed by atoms with van der Waals surface area (Å²) in [6.07, 6.45) is 5.66. The van der Waals surface area contributed by atoms with Crippen LogP contribution in [0, 0.1) is 6.20 Å². The van der Waals surface area contributed by atoms with Gasteiger partial charge in [0.25, 0.3) is 0 Å². The first kappa shape index (κ1) is 5.22. The highest BCUT2D eigenvalue weighted by Gasteiger charge is 1.91. The lowest BCUT2D eigenvalue weighted by atomic mass is 10.5. The highest BCUT2D eigenvalue weighted by molar-refractivity contribution is 5.67. The molecule has 0 bridgehead atoms. The molecule has 4 nitrogen and oxygen atoms in total. The highest BCUT2D eigenvalue weighted by atomic mass is 15.1. The standard InChI is InChI=1S/C6H3N4/c1-2-9-10-6-5(1)7-3-4-8-6/h1-3H. The van der Waals surface area contributed by atoms with Gasteiger partial charge in [0.15, 0.2) is 0 Å². The lowest BCUT2D eigenvalue weighted by Crippen LogP contribution is -1.87. The number of aromatic nitrogens is 4. The Hall–Kier alpha value is -1.58. The first-order valence-corrected chi connectivity index (χ1v) is 2.77. The summed E-state index contributed by atoms with van der Waals surface area (Å²) in [5, 5.41) is 7.37. The van der Waals surface area contributed by atoms with Crippen LogP contribution in [0.15, 0.2) is 18.5 Å². The molecule has 4 heteroatoms. The van der Waals surface area contributed by atoms with Crippen LogP contribution in [0.1, 0.15) is 0 Å². The molecule has 2 aromatic heterocycles. The molecule has 0 N–H and O–H groups in total. The minimum absolute atomic E-state index is 0.532. The first-order valence-electron chi connectivity index (χ1n) is 2.77. The topological polar surface area (TPSA) is 51.6 Å². The van der Waals surface area contributed by atoms with E-state index in [9.17, 15) is 0 Å². The third kappa shape index (κ3) is 0.699. The van der Waals surface area contributed by atoms with Crippen LogP contribution < -0.4 is 0 Å². The fourth-order valence-electron chi connectivity index (χ4n) is 0.687. The van der Waals surface area contributed by atoms with Gasteiger partial charge in [-0.05, 0) is 6.07 Å². The van der Waals surface area contributed by atoms with Crippen LogP contribution in [0.2, 0.25) is 0 Å². The molecule has 0 aliphatic heterocycles. The lowest BCUT2D eigenvalue weighted by molar-refractivity contribution is 1.04. The summed E-state index contributed by atoms with van der Waals surface area (Å²) >= 11 is 0. The number of hydrogen-bond donors (Lipinski definition) is 0. The minimum Gasteiger partial charge on any atom is -0.250 e. The summed E-state index contributed by atoms with van der Waals surface area (Å²) in [5.74, 6) is 0. The van der Waals surface area contributed by atoms with E-state index in [1.54, 1.807) is 12.3 Å². The Balaban J connectivity index is 2.89. The van der Waals surface area contributed by atoms with Gasteiger partial charge in [0, 0.05) is 0 Å². The molecule has 0 aliphatic rings. The van der Waals surface area contributed by atoms with Crippen molar-refractivity contribution in [2.24, 2.45) is 0 Å². The molecule has 47 valence electrons. The maximum Gasteiger partial charge on any atom is 0.201 e. The van der Waals surface area contributed by atoms with E-state index in [0.717, 1.165) is 5.52 Å². The van der Waals surface area contributed by atoms with Gasteiger partial charge in [-0.25, -0.2) is 4.98 Å². The Kier molecular flexibility index (Phi) is 1.04. The van der Waals surface area contributed by atoms with Crippen LogP contribution in [0.3, 0.4) is 0 Å². The molecular weight excluding hydrogens is 128 g/mol. The van der Waals surface area contributed by atoms with Gasteiger partial charge < -0.3 is 0 Å². The van der Waals surface area contributed by atoms with Crippen molar-refractivity contribution in [2.45, 2.75) is 0 Å². The summed E-state index contributed by atoms with van der Waals surface area (Å²) in [5.41, 5.74) is 1.28. The van der Waals surface area contributed by atoms with Gasteiger partial charge in [-0.15, -0.1) is 5.10 Å². The molecule has 0 saturated heterocycles.